The van der Waals surface area contributed by atoms with Gasteiger partial charge in [0.15, 0.2) is 0 Å². The molecule has 84 valence electrons. The van der Waals surface area contributed by atoms with Gasteiger partial charge in [-0.05, 0) is 37.3 Å². The van der Waals surface area contributed by atoms with E-state index in [2.05, 4.69) is 9.88 Å². The molecule has 0 amide bonds. The third-order valence-electron chi connectivity index (χ3n) is 3.76. The van der Waals surface area contributed by atoms with E-state index in [9.17, 15) is 0 Å². The Balaban J connectivity index is 1.89. The molecule has 1 saturated heterocycles. The Morgan fingerprint density at radius 3 is 3.00 bits per heavy atom. The molecule has 16 heavy (non-hydrogen) atoms. The minimum absolute atomic E-state index is 0.0474. The number of fused-ring (bicyclic) bond motifs is 2. The number of nitrogens with zero attached hydrogens (tertiary/aromatic N) is 2. The zero-order valence-corrected chi connectivity index (χ0v) is 9.19. The van der Waals surface area contributed by atoms with Gasteiger partial charge in [-0.15, -0.1) is 0 Å². The fraction of sp³-hybridized carbons (Fsp3) is 0.500. The second-order valence-corrected chi connectivity index (χ2v) is 4.80. The molecule has 3 N–H and O–H groups in total. The molecule has 1 aliphatic heterocycles. The Morgan fingerprint density at radius 1 is 1.50 bits per heavy atom. The number of nitrogen functional groups attached to an aromatic ring is 1. The number of nitrogens with two attached hydrogens (primary N) is 1. The minimum atomic E-state index is 0.0474. The highest BCUT2D eigenvalue weighted by Crippen LogP contribution is 2.39. The zero-order chi connectivity index (χ0) is 11.1. The summed E-state index contributed by atoms with van der Waals surface area (Å²) >= 11 is 0. The van der Waals surface area contributed by atoms with Crippen molar-refractivity contribution in [2.24, 2.45) is 11.7 Å². The first-order valence-corrected chi connectivity index (χ1v) is 5.81. The molecule has 4 heteroatoms. The van der Waals surface area contributed by atoms with Crippen LogP contribution in [0, 0.1) is 11.3 Å². The van der Waals surface area contributed by atoms with E-state index >= 15 is 0 Å². The number of amidine groups is 1. The lowest BCUT2D eigenvalue weighted by atomic mass is 10.1. The second-order valence-electron chi connectivity index (χ2n) is 4.80. The van der Waals surface area contributed by atoms with E-state index in [1.54, 1.807) is 6.20 Å². The number of hydrogen-bond acceptors (Lipinski definition) is 3. The molecule has 2 unspecified atom stereocenters. The Morgan fingerprint density at radius 2 is 2.38 bits per heavy atom. The quantitative estimate of drug-likeness (QED) is 0.579. The van der Waals surface area contributed by atoms with Crippen molar-refractivity contribution >= 4 is 11.5 Å². The summed E-state index contributed by atoms with van der Waals surface area (Å²) in [5.74, 6) is 0.921. The van der Waals surface area contributed by atoms with Crippen LogP contribution in [0.3, 0.4) is 0 Å². The standard InChI is InChI=1S/C12H16N4/c13-12(14)11-6-10(3-4-15-11)16-7-8-1-2-9(16)5-8/h3-4,6,8-9H,1-2,5,7H2,(H3,13,14). The maximum absolute atomic E-state index is 7.40. The largest absolute Gasteiger partial charge is 0.382 e. The summed E-state index contributed by atoms with van der Waals surface area (Å²) in [6.45, 7) is 1.16. The van der Waals surface area contributed by atoms with Gasteiger partial charge in [0, 0.05) is 24.5 Å². The summed E-state index contributed by atoms with van der Waals surface area (Å²) in [5, 5.41) is 7.40. The van der Waals surface area contributed by atoms with Gasteiger partial charge in [-0.2, -0.15) is 0 Å². The van der Waals surface area contributed by atoms with Gasteiger partial charge < -0.3 is 10.6 Å². The molecule has 0 spiro atoms. The lowest BCUT2D eigenvalue weighted by Gasteiger charge is -2.29. The van der Waals surface area contributed by atoms with Crippen LogP contribution >= 0.6 is 0 Å². The van der Waals surface area contributed by atoms with Gasteiger partial charge in [-0.1, -0.05) is 0 Å². The van der Waals surface area contributed by atoms with Crippen molar-refractivity contribution in [1.82, 2.24) is 4.98 Å². The first kappa shape index (κ1) is 9.63. The molecule has 4 nitrogen and oxygen atoms in total. The summed E-state index contributed by atoms with van der Waals surface area (Å²) in [4.78, 5) is 6.54. The van der Waals surface area contributed by atoms with Crippen LogP contribution in [0.1, 0.15) is 25.0 Å². The van der Waals surface area contributed by atoms with Gasteiger partial charge in [-0.25, -0.2) is 0 Å². The summed E-state index contributed by atoms with van der Waals surface area (Å²) in [6.07, 6.45) is 5.77. The third-order valence-corrected chi connectivity index (χ3v) is 3.76. The molecule has 1 aromatic heterocycles. The van der Waals surface area contributed by atoms with Crippen LogP contribution < -0.4 is 10.6 Å². The van der Waals surface area contributed by atoms with Crippen molar-refractivity contribution < 1.29 is 0 Å². The number of pyridine rings is 1. The predicted octanol–water partition coefficient (Wildman–Crippen LogP) is 1.35. The molecule has 1 aliphatic carbocycles. The van der Waals surface area contributed by atoms with E-state index in [0.29, 0.717) is 11.7 Å². The fourth-order valence-electron chi connectivity index (χ4n) is 2.99. The molecule has 0 aromatic carbocycles. The number of hydrogen-bond donors (Lipinski definition) is 2. The smallest absolute Gasteiger partial charge is 0.141 e. The van der Waals surface area contributed by atoms with Gasteiger partial charge in [0.2, 0.25) is 0 Å². The van der Waals surface area contributed by atoms with Crippen LogP contribution in [0.5, 0.6) is 0 Å². The molecule has 2 atom stereocenters. The zero-order valence-electron chi connectivity index (χ0n) is 9.19. The lowest BCUT2D eigenvalue weighted by Crippen LogP contribution is -2.32. The molecule has 0 radical (unpaired) electrons. The summed E-state index contributed by atoms with van der Waals surface area (Å²) < 4.78 is 0. The first-order valence-electron chi connectivity index (χ1n) is 5.81. The number of nitrogens with one attached hydrogen (secondary N) is 1. The van der Waals surface area contributed by atoms with E-state index in [-0.39, 0.29) is 5.84 Å². The molecular weight excluding hydrogens is 200 g/mol. The Labute approximate surface area is 95.0 Å². The normalized spacial score (nSPS) is 27.4. The van der Waals surface area contributed by atoms with E-state index < -0.39 is 0 Å². The number of anilines is 1. The van der Waals surface area contributed by atoms with Crippen LogP contribution in [-0.2, 0) is 0 Å². The maximum Gasteiger partial charge on any atom is 0.141 e. The molecular formula is C12H16N4. The van der Waals surface area contributed by atoms with Crippen LogP contribution in [0.4, 0.5) is 5.69 Å². The van der Waals surface area contributed by atoms with Crippen LogP contribution in [0.25, 0.3) is 0 Å². The lowest BCUT2D eigenvalue weighted by molar-refractivity contribution is 0.553. The highest BCUT2D eigenvalue weighted by atomic mass is 15.2. The third kappa shape index (κ3) is 1.45. The van der Waals surface area contributed by atoms with Crippen molar-refractivity contribution in [2.45, 2.75) is 25.3 Å². The minimum Gasteiger partial charge on any atom is -0.382 e. The Hall–Kier alpha value is -1.58. The molecule has 2 heterocycles. The van der Waals surface area contributed by atoms with Crippen molar-refractivity contribution in [3.8, 4) is 0 Å². The summed E-state index contributed by atoms with van der Waals surface area (Å²) in [5.41, 5.74) is 7.22. The Kier molecular flexibility index (Phi) is 2.09. The second kappa shape index (κ2) is 3.47. The molecule has 2 bridgehead atoms. The van der Waals surface area contributed by atoms with E-state index in [4.69, 9.17) is 11.1 Å². The van der Waals surface area contributed by atoms with Crippen molar-refractivity contribution in [1.29, 1.82) is 5.41 Å². The number of aromatic nitrogens is 1. The first-order chi connectivity index (χ1) is 7.74. The van der Waals surface area contributed by atoms with Gasteiger partial charge >= 0.3 is 0 Å². The van der Waals surface area contributed by atoms with Crippen LogP contribution in [0.15, 0.2) is 18.3 Å². The monoisotopic (exact) mass is 216 g/mol. The number of rotatable bonds is 2. The predicted molar refractivity (Wildman–Crippen MR) is 63.7 cm³/mol. The molecule has 2 fully saturated rings. The van der Waals surface area contributed by atoms with E-state index in [1.165, 1.54) is 24.9 Å². The van der Waals surface area contributed by atoms with Crippen LogP contribution in [0.2, 0.25) is 0 Å². The van der Waals surface area contributed by atoms with Crippen LogP contribution in [-0.4, -0.2) is 23.4 Å². The van der Waals surface area contributed by atoms with Crippen molar-refractivity contribution in [2.75, 3.05) is 11.4 Å². The Bertz CT molecular complexity index is 429. The highest BCUT2D eigenvalue weighted by Gasteiger charge is 2.37. The highest BCUT2D eigenvalue weighted by molar-refractivity contribution is 5.93. The van der Waals surface area contributed by atoms with Crippen molar-refractivity contribution in [3.63, 3.8) is 0 Å². The van der Waals surface area contributed by atoms with Crippen molar-refractivity contribution in [3.05, 3.63) is 24.0 Å². The number of piperidine rings is 1. The van der Waals surface area contributed by atoms with Gasteiger partial charge in [0.05, 0.1) is 0 Å². The average molecular weight is 216 g/mol. The van der Waals surface area contributed by atoms with Gasteiger partial charge in [0.1, 0.15) is 11.5 Å². The fourth-order valence-corrected chi connectivity index (χ4v) is 2.99. The molecule has 1 aromatic rings. The summed E-state index contributed by atoms with van der Waals surface area (Å²) in [6, 6.07) is 4.66. The topological polar surface area (TPSA) is 66.0 Å². The molecule has 2 aliphatic rings. The van der Waals surface area contributed by atoms with Gasteiger partial charge in [-0.3, -0.25) is 10.4 Å². The molecule has 3 rings (SSSR count). The maximum atomic E-state index is 7.40. The van der Waals surface area contributed by atoms with E-state index in [0.717, 1.165) is 12.5 Å². The molecule has 1 saturated carbocycles. The SMILES string of the molecule is N=C(N)c1cc(N2CC3CCC2C3)ccn1. The summed E-state index contributed by atoms with van der Waals surface area (Å²) in [7, 11) is 0. The van der Waals surface area contributed by atoms with E-state index in [1.807, 2.05) is 12.1 Å². The van der Waals surface area contributed by atoms with Gasteiger partial charge in [0.25, 0.3) is 0 Å². The average Bonchev–Trinajstić information content (AvgIpc) is 2.91.